The lowest BCUT2D eigenvalue weighted by Crippen LogP contribution is -2.41. The minimum Gasteiger partial charge on any atom is -0.496 e. The molecule has 2 aromatic carbocycles. The van der Waals surface area contributed by atoms with E-state index in [2.05, 4.69) is 5.32 Å². The quantitative estimate of drug-likeness (QED) is 0.533. The fourth-order valence-corrected chi connectivity index (χ4v) is 4.14. The summed E-state index contributed by atoms with van der Waals surface area (Å²) in [5.74, 6) is 0.723. The zero-order valence-electron chi connectivity index (χ0n) is 15.9. The van der Waals surface area contributed by atoms with E-state index in [0.717, 1.165) is 43.1 Å². The zero-order chi connectivity index (χ0) is 21.0. The molecule has 0 aliphatic heterocycles. The summed E-state index contributed by atoms with van der Waals surface area (Å²) in [6, 6.07) is 11.4. The van der Waals surface area contributed by atoms with Gasteiger partial charge in [-0.05, 0) is 49.3 Å². The molecule has 1 aliphatic carbocycles. The fraction of sp³-hybridized carbons (Fsp3) is 0.381. The van der Waals surface area contributed by atoms with Crippen LogP contribution in [0.4, 0.5) is 18.9 Å². The van der Waals surface area contributed by atoms with Gasteiger partial charge in [-0.25, -0.2) is 0 Å². The van der Waals surface area contributed by atoms with Crippen molar-refractivity contribution in [3.05, 3.63) is 58.6 Å². The normalized spacial score (nSPS) is 14.7. The first-order valence-electron chi connectivity index (χ1n) is 9.36. The standard InChI is InChI=1S/C21H22ClF3N2OS/c1-28-19-9-5-2-6-14(19)13-27(16-7-3-4-8-16)20(29)26-18-11-10-15(22)12-17(18)21(23,24)25/h2,5-6,9-12,16H,3-4,7-8,13H2,1H3,(H,26,29). The number of anilines is 1. The summed E-state index contributed by atoms with van der Waals surface area (Å²) < 4.78 is 45.8. The molecule has 0 saturated heterocycles. The van der Waals surface area contributed by atoms with E-state index in [9.17, 15) is 13.2 Å². The Morgan fingerprint density at radius 2 is 1.90 bits per heavy atom. The molecule has 0 unspecified atom stereocenters. The maximum atomic E-state index is 13.5. The number of para-hydroxylation sites is 1. The molecule has 0 heterocycles. The van der Waals surface area contributed by atoms with Crippen LogP contribution < -0.4 is 10.1 Å². The van der Waals surface area contributed by atoms with Crippen LogP contribution in [0.2, 0.25) is 5.02 Å². The Bertz CT molecular complexity index is 869. The first kappa shape index (κ1) is 21.7. The summed E-state index contributed by atoms with van der Waals surface area (Å²) >= 11 is 11.3. The van der Waals surface area contributed by atoms with Crippen molar-refractivity contribution in [2.45, 2.75) is 44.4 Å². The van der Waals surface area contributed by atoms with Crippen molar-refractivity contribution in [2.75, 3.05) is 12.4 Å². The fourth-order valence-electron chi connectivity index (χ4n) is 3.65. The molecule has 0 bridgehead atoms. The topological polar surface area (TPSA) is 24.5 Å². The van der Waals surface area contributed by atoms with E-state index in [4.69, 9.17) is 28.6 Å². The molecule has 0 spiro atoms. The minimum atomic E-state index is -4.54. The van der Waals surface area contributed by atoms with Gasteiger partial charge in [0.05, 0.1) is 18.4 Å². The highest BCUT2D eigenvalue weighted by molar-refractivity contribution is 7.80. The molecule has 2 aromatic rings. The molecule has 0 amide bonds. The number of thiocarbonyl (C=S) groups is 1. The number of benzene rings is 2. The van der Waals surface area contributed by atoms with Crippen molar-refractivity contribution in [1.82, 2.24) is 4.90 Å². The van der Waals surface area contributed by atoms with Crippen molar-refractivity contribution < 1.29 is 17.9 Å². The molecule has 156 valence electrons. The minimum absolute atomic E-state index is 0.0236. The Labute approximate surface area is 178 Å². The van der Waals surface area contributed by atoms with Gasteiger partial charge in [0.15, 0.2) is 5.11 Å². The third-order valence-corrected chi connectivity index (χ3v) is 5.66. The summed E-state index contributed by atoms with van der Waals surface area (Å²) in [7, 11) is 1.60. The van der Waals surface area contributed by atoms with Gasteiger partial charge in [-0.2, -0.15) is 13.2 Å². The number of halogens is 4. The molecule has 3 nitrogen and oxygen atoms in total. The first-order valence-corrected chi connectivity index (χ1v) is 10.1. The molecule has 1 saturated carbocycles. The van der Waals surface area contributed by atoms with Crippen LogP contribution in [-0.2, 0) is 12.7 Å². The van der Waals surface area contributed by atoms with Gasteiger partial charge in [-0.1, -0.05) is 42.6 Å². The molecule has 3 rings (SSSR count). The maximum absolute atomic E-state index is 13.5. The first-order chi connectivity index (χ1) is 13.8. The van der Waals surface area contributed by atoms with E-state index < -0.39 is 11.7 Å². The Balaban J connectivity index is 1.88. The molecule has 8 heteroatoms. The highest BCUT2D eigenvalue weighted by Crippen LogP contribution is 2.37. The Hall–Kier alpha value is -1.99. The summed E-state index contributed by atoms with van der Waals surface area (Å²) in [4.78, 5) is 1.97. The summed E-state index contributed by atoms with van der Waals surface area (Å²) in [6.07, 6.45) is -0.494. The Kier molecular flexibility index (Phi) is 6.90. The molecular weight excluding hydrogens is 421 g/mol. The van der Waals surface area contributed by atoms with Gasteiger partial charge in [0.2, 0.25) is 0 Å². The zero-order valence-corrected chi connectivity index (χ0v) is 17.5. The third kappa shape index (κ3) is 5.34. The van der Waals surface area contributed by atoms with Crippen LogP contribution in [0.1, 0.15) is 36.8 Å². The summed E-state index contributed by atoms with van der Waals surface area (Å²) in [6.45, 7) is 0.454. The maximum Gasteiger partial charge on any atom is 0.418 e. The van der Waals surface area contributed by atoms with Gasteiger partial charge in [0.25, 0.3) is 0 Å². The molecule has 1 aliphatic rings. The molecule has 0 aromatic heterocycles. The smallest absolute Gasteiger partial charge is 0.418 e. The van der Waals surface area contributed by atoms with Crippen LogP contribution in [-0.4, -0.2) is 23.2 Å². The van der Waals surface area contributed by atoms with Gasteiger partial charge < -0.3 is 15.0 Å². The highest BCUT2D eigenvalue weighted by atomic mass is 35.5. The van der Waals surface area contributed by atoms with Gasteiger partial charge in [-0.15, -0.1) is 0 Å². The second-order valence-electron chi connectivity index (χ2n) is 7.00. The number of rotatable bonds is 5. The molecule has 0 atom stereocenters. The Morgan fingerprint density at radius 3 is 2.55 bits per heavy atom. The van der Waals surface area contributed by atoms with Crippen LogP contribution in [0.15, 0.2) is 42.5 Å². The molecule has 1 fully saturated rings. The summed E-state index contributed by atoms with van der Waals surface area (Å²) in [5.41, 5.74) is -0.0101. The average Bonchev–Trinajstić information content (AvgIpc) is 3.21. The Morgan fingerprint density at radius 1 is 1.21 bits per heavy atom. The highest BCUT2D eigenvalue weighted by Gasteiger charge is 2.35. The summed E-state index contributed by atoms with van der Waals surface area (Å²) in [5, 5.41) is 3.10. The lowest BCUT2D eigenvalue weighted by atomic mass is 10.1. The van der Waals surface area contributed by atoms with Gasteiger partial charge in [-0.3, -0.25) is 0 Å². The lowest BCUT2D eigenvalue weighted by Gasteiger charge is -2.32. The van der Waals surface area contributed by atoms with Crippen LogP contribution in [0, 0.1) is 0 Å². The number of methoxy groups -OCH3 is 1. The van der Waals surface area contributed by atoms with Crippen LogP contribution in [0.5, 0.6) is 5.75 Å². The molecular formula is C21H22ClF3N2OS. The number of ether oxygens (including phenoxy) is 1. The van der Waals surface area contributed by atoms with Gasteiger partial charge >= 0.3 is 6.18 Å². The van der Waals surface area contributed by atoms with E-state index in [-0.39, 0.29) is 21.9 Å². The van der Waals surface area contributed by atoms with Crippen LogP contribution >= 0.6 is 23.8 Å². The largest absolute Gasteiger partial charge is 0.496 e. The van der Waals surface area contributed by atoms with Crippen molar-refractivity contribution in [3.63, 3.8) is 0 Å². The number of alkyl halides is 3. The monoisotopic (exact) mass is 442 g/mol. The number of nitrogens with zero attached hydrogens (tertiary/aromatic N) is 1. The predicted octanol–water partition coefficient (Wildman–Crippen LogP) is 6.51. The molecule has 29 heavy (non-hydrogen) atoms. The van der Waals surface area contributed by atoms with Crippen molar-refractivity contribution in [1.29, 1.82) is 0 Å². The molecule has 1 N–H and O–H groups in total. The van der Waals surface area contributed by atoms with Crippen molar-refractivity contribution >= 4 is 34.6 Å². The number of nitrogens with one attached hydrogen (secondary N) is 1. The number of hydrogen-bond acceptors (Lipinski definition) is 2. The van der Waals surface area contributed by atoms with E-state index in [1.807, 2.05) is 29.2 Å². The third-order valence-electron chi connectivity index (χ3n) is 5.09. The second kappa shape index (κ2) is 9.22. The second-order valence-corrected chi connectivity index (χ2v) is 7.82. The van der Waals surface area contributed by atoms with Crippen molar-refractivity contribution in [3.8, 4) is 5.75 Å². The van der Waals surface area contributed by atoms with Crippen LogP contribution in [0.3, 0.4) is 0 Å². The number of hydrogen-bond donors (Lipinski definition) is 1. The SMILES string of the molecule is COc1ccccc1CN(C(=S)Nc1ccc(Cl)cc1C(F)(F)F)C1CCCC1. The van der Waals surface area contributed by atoms with Crippen molar-refractivity contribution in [2.24, 2.45) is 0 Å². The van der Waals surface area contributed by atoms with E-state index in [0.29, 0.717) is 6.54 Å². The van der Waals surface area contributed by atoms with E-state index in [1.54, 1.807) is 7.11 Å². The van der Waals surface area contributed by atoms with E-state index >= 15 is 0 Å². The van der Waals surface area contributed by atoms with Crippen LogP contribution in [0.25, 0.3) is 0 Å². The molecule has 0 radical (unpaired) electrons. The average molecular weight is 443 g/mol. The van der Waals surface area contributed by atoms with E-state index in [1.165, 1.54) is 12.1 Å². The van der Waals surface area contributed by atoms with Gasteiger partial charge in [0.1, 0.15) is 5.75 Å². The lowest BCUT2D eigenvalue weighted by molar-refractivity contribution is -0.136. The van der Waals surface area contributed by atoms with Gasteiger partial charge in [0, 0.05) is 23.2 Å². The predicted molar refractivity (Wildman–Crippen MR) is 113 cm³/mol.